The van der Waals surface area contributed by atoms with Gasteiger partial charge < -0.3 is 10.2 Å². The zero-order chi connectivity index (χ0) is 19.5. The van der Waals surface area contributed by atoms with Crippen molar-refractivity contribution in [2.45, 2.75) is 76.0 Å². The molecule has 0 aromatic carbocycles. The van der Waals surface area contributed by atoms with E-state index in [-0.39, 0.29) is 12.4 Å². The number of hydrogen-bond acceptors (Lipinski definition) is 5. The van der Waals surface area contributed by atoms with Gasteiger partial charge in [-0.3, -0.25) is 15.1 Å². The summed E-state index contributed by atoms with van der Waals surface area (Å²) >= 11 is 0. The van der Waals surface area contributed by atoms with E-state index in [1.54, 1.807) is 4.90 Å². The Balaban J connectivity index is 1.25. The lowest BCUT2D eigenvalue weighted by Crippen LogP contribution is -3.15. The highest BCUT2D eigenvalue weighted by molar-refractivity contribution is 4.88. The van der Waals surface area contributed by atoms with Crippen LogP contribution in [0.25, 0.3) is 0 Å². The second kappa shape index (κ2) is 9.38. The smallest absolute Gasteiger partial charge is 0.183 e. The third-order valence-corrected chi connectivity index (χ3v) is 7.83. The Labute approximate surface area is 170 Å². The molecule has 3 saturated heterocycles. The Morgan fingerprint density at radius 1 is 1.14 bits per heavy atom. The average molecular weight is 393 g/mol. The van der Waals surface area contributed by atoms with E-state index in [0.717, 1.165) is 25.3 Å². The standard InChI is InChI=1S/C21H38N6O/c1-26(2)19-10-9-17(13-23-19)20-24-21(28-25-20)18-4-3-11-27(18)14-16-7-5-15(12-22)6-8-16/h15-21,23-25H,3-11,13-14H2,1-2H3/p+2. The van der Waals surface area contributed by atoms with Crippen LogP contribution in [0, 0.1) is 29.1 Å². The number of likely N-dealkylation sites (tertiary alicyclic amines) is 1. The first-order valence-electron chi connectivity index (χ1n) is 11.5. The van der Waals surface area contributed by atoms with Crippen molar-refractivity contribution in [2.75, 3.05) is 33.7 Å². The monoisotopic (exact) mass is 392 g/mol. The van der Waals surface area contributed by atoms with Crippen LogP contribution < -0.4 is 21.0 Å². The molecule has 0 radical (unpaired) electrons. The number of nitriles is 1. The molecule has 0 spiro atoms. The fourth-order valence-electron chi connectivity index (χ4n) is 5.97. The Bertz CT molecular complexity index is 536. The Morgan fingerprint density at radius 2 is 1.96 bits per heavy atom. The van der Waals surface area contributed by atoms with Crippen LogP contribution in [-0.2, 0) is 4.84 Å². The second-order valence-electron chi connectivity index (χ2n) is 9.85. The summed E-state index contributed by atoms with van der Waals surface area (Å²) in [5, 5.41) is 15.4. The first kappa shape index (κ1) is 20.5. The molecule has 5 N–H and O–H groups in total. The third-order valence-electron chi connectivity index (χ3n) is 7.83. The van der Waals surface area contributed by atoms with Crippen LogP contribution in [0.1, 0.15) is 51.4 Å². The maximum atomic E-state index is 9.13. The van der Waals surface area contributed by atoms with Crippen LogP contribution in [-0.4, -0.2) is 63.2 Å². The van der Waals surface area contributed by atoms with Crippen molar-refractivity contribution >= 4 is 0 Å². The number of hydroxylamine groups is 1. The van der Waals surface area contributed by atoms with Crippen molar-refractivity contribution in [1.82, 2.24) is 15.7 Å². The molecule has 158 valence electrons. The molecule has 7 nitrogen and oxygen atoms in total. The largest absolute Gasteiger partial charge is 0.331 e. The average Bonchev–Trinajstić information content (AvgIpc) is 3.38. The maximum Gasteiger partial charge on any atom is 0.183 e. The van der Waals surface area contributed by atoms with Crippen LogP contribution >= 0.6 is 0 Å². The zero-order valence-corrected chi connectivity index (χ0v) is 17.7. The van der Waals surface area contributed by atoms with Gasteiger partial charge in [0.25, 0.3) is 0 Å². The van der Waals surface area contributed by atoms with Gasteiger partial charge in [0.15, 0.2) is 6.23 Å². The van der Waals surface area contributed by atoms with Gasteiger partial charge in [0.1, 0.15) is 12.2 Å². The molecule has 0 amide bonds. The number of piperidine rings is 1. The van der Waals surface area contributed by atoms with Gasteiger partial charge in [-0.25, -0.2) is 0 Å². The lowest BCUT2D eigenvalue weighted by molar-refractivity contribution is -0.919. The number of nitrogens with zero attached hydrogens (tertiary/aromatic N) is 2. The fourth-order valence-corrected chi connectivity index (χ4v) is 5.97. The Hall–Kier alpha value is -0.750. The molecule has 7 heteroatoms. The topological polar surface area (TPSA) is 81.4 Å². The lowest BCUT2D eigenvalue weighted by atomic mass is 9.82. The summed E-state index contributed by atoms with van der Waals surface area (Å²) in [5.41, 5.74) is 3.34. The third kappa shape index (κ3) is 4.69. The van der Waals surface area contributed by atoms with Crippen LogP contribution in [0.4, 0.5) is 0 Å². The van der Waals surface area contributed by atoms with Crippen molar-refractivity contribution in [3.05, 3.63) is 0 Å². The molecule has 4 fully saturated rings. The molecule has 4 rings (SSSR count). The van der Waals surface area contributed by atoms with Gasteiger partial charge in [0.05, 0.1) is 31.9 Å². The summed E-state index contributed by atoms with van der Waals surface area (Å²) in [6.07, 6.45) is 10.8. The molecule has 6 atom stereocenters. The molecule has 1 saturated carbocycles. The minimum Gasteiger partial charge on any atom is -0.331 e. The minimum atomic E-state index is 0.143. The highest BCUT2D eigenvalue weighted by atomic mass is 16.7. The van der Waals surface area contributed by atoms with Crippen LogP contribution in [0.5, 0.6) is 0 Å². The lowest BCUT2D eigenvalue weighted by Gasteiger charge is -2.33. The molecule has 4 aliphatic rings. The zero-order valence-electron chi connectivity index (χ0n) is 17.7. The van der Waals surface area contributed by atoms with Crippen molar-refractivity contribution in [1.29, 1.82) is 5.26 Å². The van der Waals surface area contributed by atoms with Crippen molar-refractivity contribution in [3.63, 3.8) is 0 Å². The number of nitrogens with two attached hydrogens (primary N) is 1. The SMILES string of the molecule is CN(C)C1CCC(C2NOC(C3CCC[NH+]3CC3CCC(C#N)CC3)N2)C[NH2+]1. The van der Waals surface area contributed by atoms with E-state index in [4.69, 9.17) is 10.1 Å². The van der Waals surface area contributed by atoms with E-state index in [1.807, 2.05) is 0 Å². The highest BCUT2D eigenvalue weighted by Crippen LogP contribution is 2.27. The summed E-state index contributed by atoms with van der Waals surface area (Å²) in [5.74, 6) is 1.73. The molecule has 1 aliphatic carbocycles. The molecule has 28 heavy (non-hydrogen) atoms. The number of rotatable bonds is 5. The highest BCUT2D eigenvalue weighted by Gasteiger charge is 2.44. The Kier molecular flexibility index (Phi) is 6.87. The van der Waals surface area contributed by atoms with E-state index in [1.165, 1.54) is 51.6 Å². The normalized spacial score (nSPS) is 44.6. The molecular formula is C21H40N6O+2. The van der Waals surface area contributed by atoms with E-state index in [2.05, 4.69) is 41.2 Å². The molecule has 3 aliphatic heterocycles. The fraction of sp³-hybridized carbons (Fsp3) is 0.952. The number of hydrogen-bond donors (Lipinski definition) is 4. The summed E-state index contributed by atoms with van der Waals surface area (Å²) in [6.45, 7) is 3.69. The summed E-state index contributed by atoms with van der Waals surface area (Å²) in [4.78, 5) is 10.1. The van der Waals surface area contributed by atoms with Crippen LogP contribution in [0.2, 0.25) is 0 Å². The quantitative estimate of drug-likeness (QED) is 0.483. The van der Waals surface area contributed by atoms with E-state index in [0.29, 0.717) is 24.0 Å². The number of quaternary nitrogens is 2. The van der Waals surface area contributed by atoms with Gasteiger partial charge in [-0.2, -0.15) is 10.7 Å². The molecule has 6 unspecified atom stereocenters. The Morgan fingerprint density at radius 3 is 2.64 bits per heavy atom. The van der Waals surface area contributed by atoms with Gasteiger partial charge in [0, 0.05) is 37.0 Å². The van der Waals surface area contributed by atoms with Gasteiger partial charge in [-0.15, -0.1) is 0 Å². The van der Waals surface area contributed by atoms with Gasteiger partial charge in [-0.05, 0) is 46.2 Å². The summed E-state index contributed by atoms with van der Waals surface area (Å²) in [7, 11) is 4.36. The van der Waals surface area contributed by atoms with Crippen molar-refractivity contribution in [3.8, 4) is 6.07 Å². The van der Waals surface area contributed by atoms with Gasteiger partial charge in [-0.1, -0.05) is 0 Å². The van der Waals surface area contributed by atoms with E-state index >= 15 is 0 Å². The predicted molar refractivity (Wildman–Crippen MR) is 107 cm³/mol. The predicted octanol–water partition coefficient (Wildman–Crippen LogP) is -0.999. The summed E-state index contributed by atoms with van der Waals surface area (Å²) in [6, 6.07) is 3.03. The van der Waals surface area contributed by atoms with Gasteiger partial charge >= 0.3 is 0 Å². The molecular weight excluding hydrogens is 352 g/mol. The number of nitrogens with one attached hydrogen (secondary N) is 3. The molecule has 3 heterocycles. The maximum absolute atomic E-state index is 9.13. The van der Waals surface area contributed by atoms with Crippen molar-refractivity contribution < 1.29 is 15.1 Å². The second-order valence-corrected chi connectivity index (χ2v) is 9.85. The van der Waals surface area contributed by atoms with Crippen LogP contribution in [0.3, 0.4) is 0 Å². The van der Waals surface area contributed by atoms with E-state index in [9.17, 15) is 0 Å². The van der Waals surface area contributed by atoms with Gasteiger partial charge in [0.2, 0.25) is 0 Å². The van der Waals surface area contributed by atoms with E-state index < -0.39 is 0 Å². The molecule has 0 bridgehead atoms. The first-order valence-corrected chi connectivity index (χ1v) is 11.5. The molecule has 0 aromatic heterocycles. The van der Waals surface area contributed by atoms with Crippen LogP contribution in [0.15, 0.2) is 0 Å². The first-order chi connectivity index (χ1) is 13.6. The van der Waals surface area contributed by atoms with Crippen molar-refractivity contribution in [2.24, 2.45) is 17.8 Å². The minimum absolute atomic E-state index is 0.143. The summed E-state index contributed by atoms with van der Waals surface area (Å²) < 4.78 is 0. The molecule has 0 aromatic rings.